The normalized spacial score (nSPS) is 11.0. The van der Waals surface area contributed by atoms with Gasteiger partial charge in [0.1, 0.15) is 10.4 Å². The number of rotatable bonds is 4. The Morgan fingerprint density at radius 3 is 2.93 bits per heavy atom. The standard InChI is InChI=1S/C19H15N3O5S/c1-2-26-19(25)21-12-3-4-13-11(7-16(23)27-15(13)8-12)9-22-10-20-17-14(18(22)24)5-6-28-17/h3-8,10H,2,9H2,1H3,(H,21,25). The number of nitrogens with one attached hydrogen (secondary N) is 1. The number of hydrogen-bond acceptors (Lipinski definition) is 7. The van der Waals surface area contributed by atoms with E-state index in [-0.39, 0.29) is 18.7 Å². The van der Waals surface area contributed by atoms with E-state index < -0.39 is 11.7 Å². The molecule has 0 radical (unpaired) electrons. The summed E-state index contributed by atoms with van der Waals surface area (Å²) in [6.45, 7) is 2.12. The molecule has 0 unspecified atom stereocenters. The zero-order valence-electron chi connectivity index (χ0n) is 14.8. The van der Waals surface area contributed by atoms with Gasteiger partial charge in [-0.3, -0.25) is 14.7 Å². The molecule has 1 amide bonds. The highest BCUT2D eigenvalue weighted by Crippen LogP contribution is 2.22. The minimum Gasteiger partial charge on any atom is -0.450 e. The summed E-state index contributed by atoms with van der Waals surface area (Å²) in [6, 6.07) is 8.02. The summed E-state index contributed by atoms with van der Waals surface area (Å²) >= 11 is 1.40. The second-order valence-electron chi connectivity index (χ2n) is 5.96. The first-order valence-electron chi connectivity index (χ1n) is 8.48. The van der Waals surface area contributed by atoms with Crippen LogP contribution in [-0.2, 0) is 11.3 Å². The Balaban J connectivity index is 1.74. The van der Waals surface area contributed by atoms with Crippen LogP contribution < -0.4 is 16.5 Å². The van der Waals surface area contributed by atoms with Crippen LogP contribution in [0.25, 0.3) is 21.2 Å². The van der Waals surface area contributed by atoms with E-state index >= 15 is 0 Å². The molecule has 0 aliphatic heterocycles. The number of aromatic nitrogens is 2. The highest BCUT2D eigenvalue weighted by Gasteiger charge is 2.11. The number of hydrogen-bond donors (Lipinski definition) is 1. The zero-order valence-corrected chi connectivity index (χ0v) is 15.6. The third kappa shape index (κ3) is 3.39. The quantitative estimate of drug-likeness (QED) is 0.531. The molecule has 1 N–H and O–H groups in total. The van der Waals surface area contributed by atoms with Crippen molar-refractivity contribution in [3.63, 3.8) is 0 Å². The molecule has 3 heterocycles. The van der Waals surface area contributed by atoms with E-state index in [9.17, 15) is 14.4 Å². The predicted molar refractivity (Wildman–Crippen MR) is 106 cm³/mol. The summed E-state index contributed by atoms with van der Waals surface area (Å²) in [6.07, 6.45) is 0.875. The highest BCUT2D eigenvalue weighted by atomic mass is 32.1. The molecule has 28 heavy (non-hydrogen) atoms. The molecule has 0 bridgehead atoms. The average molecular weight is 397 g/mol. The van der Waals surface area contributed by atoms with Crippen molar-refractivity contribution in [1.82, 2.24) is 9.55 Å². The van der Waals surface area contributed by atoms with Crippen molar-refractivity contribution >= 4 is 44.3 Å². The van der Waals surface area contributed by atoms with Gasteiger partial charge in [0.25, 0.3) is 5.56 Å². The number of benzene rings is 1. The van der Waals surface area contributed by atoms with Crippen LogP contribution in [0.2, 0.25) is 0 Å². The summed E-state index contributed by atoms with van der Waals surface area (Å²) < 4.78 is 11.6. The molecule has 0 fully saturated rings. The van der Waals surface area contributed by atoms with Gasteiger partial charge in [0.15, 0.2) is 0 Å². The molecule has 0 saturated carbocycles. The topological polar surface area (TPSA) is 103 Å². The van der Waals surface area contributed by atoms with Crippen molar-refractivity contribution in [3.8, 4) is 0 Å². The number of ether oxygens (including phenoxy) is 1. The van der Waals surface area contributed by atoms with Crippen molar-refractivity contribution < 1.29 is 13.9 Å². The largest absolute Gasteiger partial charge is 0.450 e. The number of carbonyl (C=O) groups excluding carboxylic acids is 1. The van der Waals surface area contributed by atoms with Crippen molar-refractivity contribution in [3.05, 3.63) is 68.4 Å². The number of nitrogens with zero attached hydrogens (tertiary/aromatic N) is 2. The lowest BCUT2D eigenvalue weighted by molar-refractivity contribution is 0.168. The van der Waals surface area contributed by atoms with Crippen LogP contribution in [-0.4, -0.2) is 22.3 Å². The molecule has 4 aromatic rings. The molecule has 8 nitrogen and oxygen atoms in total. The van der Waals surface area contributed by atoms with E-state index in [0.717, 1.165) is 0 Å². The summed E-state index contributed by atoms with van der Waals surface area (Å²) in [5.74, 6) is 0. The van der Waals surface area contributed by atoms with Crippen LogP contribution in [0, 0.1) is 0 Å². The SMILES string of the molecule is CCOC(=O)Nc1ccc2c(Cn3cnc4sccc4c3=O)cc(=O)oc2c1. The van der Waals surface area contributed by atoms with Crippen molar-refractivity contribution in [2.24, 2.45) is 0 Å². The third-order valence-electron chi connectivity index (χ3n) is 4.14. The Labute approximate surface area is 162 Å². The Kier molecular flexibility index (Phi) is 4.66. The summed E-state index contributed by atoms with van der Waals surface area (Å²) in [4.78, 5) is 41.2. The monoisotopic (exact) mass is 397 g/mol. The molecule has 0 aliphatic rings. The van der Waals surface area contributed by atoms with E-state index in [2.05, 4.69) is 10.3 Å². The molecule has 4 rings (SSSR count). The molecular weight excluding hydrogens is 382 g/mol. The fourth-order valence-corrected chi connectivity index (χ4v) is 3.64. The summed E-state index contributed by atoms with van der Waals surface area (Å²) in [5.41, 5.74) is 0.633. The van der Waals surface area contributed by atoms with E-state index in [1.165, 1.54) is 28.3 Å². The molecule has 0 aliphatic carbocycles. The second kappa shape index (κ2) is 7.28. The Hall–Kier alpha value is -3.46. The maximum Gasteiger partial charge on any atom is 0.411 e. The summed E-state index contributed by atoms with van der Waals surface area (Å²) in [5, 5.41) is 5.58. The van der Waals surface area contributed by atoms with Gasteiger partial charge >= 0.3 is 11.7 Å². The van der Waals surface area contributed by atoms with E-state index in [0.29, 0.717) is 32.4 Å². The lowest BCUT2D eigenvalue weighted by atomic mass is 10.1. The first-order chi connectivity index (χ1) is 13.5. The lowest BCUT2D eigenvalue weighted by Gasteiger charge is -2.10. The van der Waals surface area contributed by atoms with Crippen LogP contribution in [0.3, 0.4) is 0 Å². The third-order valence-corrected chi connectivity index (χ3v) is 4.96. The first kappa shape index (κ1) is 17.9. The second-order valence-corrected chi connectivity index (χ2v) is 6.86. The Bertz CT molecular complexity index is 1300. The van der Waals surface area contributed by atoms with Crippen molar-refractivity contribution in [2.75, 3.05) is 11.9 Å². The minimum atomic E-state index is -0.595. The summed E-state index contributed by atoms with van der Waals surface area (Å²) in [7, 11) is 0. The Morgan fingerprint density at radius 1 is 1.25 bits per heavy atom. The van der Waals surface area contributed by atoms with Gasteiger partial charge in [0.05, 0.1) is 24.9 Å². The van der Waals surface area contributed by atoms with E-state index in [4.69, 9.17) is 9.15 Å². The highest BCUT2D eigenvalue weighted by molar-refractivity contribution is 7.16. The van der Waals surface area contributed by atoms with Gasteiger partial charge in [-0.15, -0.1) is 11.3 Å². The number of fused-ring (bicyclic) bond motifs is 2. The van der Waals surface area contributed by atoms with Crippen molar-refractivity contribution in [2.45, 2.75) is 13.5 Å². The fraction of sp³-hybridized carbons (Fsp3) is 0.158. The maximum atomic E-state index is 12.6. The van der Waals surface area contributed by atoms with Gasteiger partial charge in [-0.25, -0.2) is 14.6 Å². The molecule has 3 aromatic heterocycles. The van der Waals surface area contributed by atoms with Gasteiger partial charge in [0.2, 0.25) is 0 Å². The fourth-order valence-electron chi connectivity index (χ4n) is 2.91. The lowest BCUT2D eigenvalue weighted by Crippen LogP contribution is -2.21. The van der Waals surface area contributed by atoms with Crippen LogP contribution in [0.1, 0.15) is 12.5 Å². The molecule has 9 heteroatoms. The van der Waals surface area contributed by atoms with Gasteiger partial charge in [-0.1, -0.05) is 0 Å². The number of anilines is 1. The van der Waals surface area contributed by atoms with Gasteiger partial charge in [-0.05, 0) is 36.1 Å². The van der Waals surface area contributed by atoms with Crippen LogP contribution in [0.15, 0.2) is 56.0 Å². The first-order valence-corrected chi connectivity index (χ1v) is 9.36. The zero-order chi connectivity index (χ0) is 19.7. The van der Waals surface area contributed by atoms with Crippen LogP contribution in [0.5, 0.6) is 0 Å². The molecule has 1 aromatic carbocycles. The number of carbonyl (C=O) groups is 1. The molecule has 142 valence electrons. The molecular formula is C19H15N3O5S. The Morgan fingerprint density at radius 2 is 2.11 bits per heavy atom. The number of amides is 1. The number of thiophene rings is 1. The van der Waals surface area contributed by atoms with Gasteiger partial charge in [0, 0.05) is 23.2 Å². The van der Waals surface area contributed by atoms with Gasteiger partial charge < -0.3 is 9.15 Å². The molecule has 0 atom stereocenters. The average Bonchev–Trinajstić information content (AvgIpc) is 3.13. The van der Waals surface area contributed by atoms with Crippen molar-refractivity contribution in [1.29, 1.82) is 0 Å². The van der Waals surface area contributed by atoms with Crippen LogP contribution in [0.4, 0.5) is 10.5 Å². The smallest absolute Gasteiger partial charge is 0.411 e. The van der Waals surface area contributed by atoms with E-state index in [1.54, 1.807) is 31.2 Å². The van der Waals surface area contributed by atoms with Crippen LogP contribution >= 0.6 is 11.3 Å². The molecule has 0 saturated heterocycles. The minimum absolute atomic E-state index is 0.171. The van der Waals surface area contributed by atoms with E-state index in [1.807, 2.05) is 5.38 Å². The van der Waals surface area contributed by atoms with Gasteiger partial charge in [-0.2, -0.15) is 0 Å². The predicted octanol–water partition coefficient (Wildman–Crippen LogP) is 3.18. The molecule has 0 spiro atoms. The maximum absolute atomic E-state index is 12.6.